The summed E-state index contributed by atoms with van der Waals surface area (Å²) in [6.07, 6.45) is 0. The quantitative estimate of drug-likeness (QED) is 0.495. The van der Waals surface area contributed by atoms with E-state index in [1.807, 2.05) is 63.2 Å². The molecule has 2 heterocycles. The molecule has 0 spiro atoms. The highest BCUT2D eigenvalue weighted by Gasteiger charge is 2.22. The second-order valence-corrected chi connectivity index (χ2v) is 9.18. The summed E-state index contributed by atoms with van der Waals surface area (Å²) in [6.45, 7) is 7.55. The van der Waals surface area contributed by atoms with Crippen LogP contribution in [-0.4, -0.2) is 20.9 Å². The number of benzene rings is 2. The molecule has 0 aliphatic carbocycles. The molecule has 0 radical (unpaired) electrons. The molecule has 0 fully saturated rings. The van der Waals surface area contributed by atoms with Gasteiger partial charge in [0.15, 0.2) is 0 Å². The number of aromatic nitrogens is 3. The number of fused-ring (bicyclic) bond motifs is 1. The minimum atomic E-state index is -0.483. The fourth-order valence-corrected chi connectivity index (χ4v) is 4.09. The molecule has 0 saturated carbocycles. The van der Waals surface area contributed by atoms with Crippen LogP contribution in [-0.2, 0) is 5.41 Å². The standard InChI is InChI=1S/C23H22N4O2S/c1-13-18(20(29)27-22(24-13)23(2,3)4)19(28)25-15-9-7-8-14(12-15)21-26-16-10-5-6-11-17(16)30-21/h5-12H,1-4H3,(H,25,28)(H,24,27,29). The number of H-pyrrole nitrogens is 1. The lowest BCUT2D eigenvalue weighted by molar-refractivity contribution is 0.102. The minimum absolute atomic E-state index is 0.0217. The number of hydrogen-bond donors (Lipinski definition) is 2. The van der Waals surface area contributed by atoms with Gasteiger partial charge in [0.05, 0.1) is 15.9 Å². The molecular weight excluding hydrogens is 396 g/mol. The molecule has 2 N–H and O–H groups in total. The molecule has 0 unspecified atom stereocenters. The molecule has 0 bridgehead atoms. The van der Waals surface area contributed by atoms with Crippen LogP contribution in [0, 0.1) is 6.92 Å². The van der Waals surface area contributed by atoms with Crippen LogP contribution in [0.1, 0.15) is 42.6 Å². The van der Waals surface area contributed by atoms with Gasteiger partial charge in [0.1, 0.15) is 16.4 Å². The van der Waals surface area contributed by atoms with Crippen molar-refractivity contribution in [3.8, 4) is 10.6 Å². The zero-order valence-corrected chi connectivity index (χ0v) is 18.1. The number of carbonyl (C=O) groups is 1. The normalized spacial score (nSPS) is 11.6. The lowest BCUT2D eigenvalue weighted by atomic mass is 9.95. The third-order valence-electron chi connectivity index (χ3n) is 4.70. The average molecular weight is 419 g/mol. The number of nitrogens with zero attached hydrogens (tertiary/aromatic N) is 2. The van der Waals surface area contributed by atoms with E-state index in [0.717, 1.165) is 20.8 Å². The van der Waals surface area contributed by atoms with E-state index in [2.05, 4.69) is 20.3 Å². The van der Waals surface area contributed by atoms with Crippen LogP contribution in [0.3, 0.4) is 0 Å². The lowest BCUT2D eigenvalue weighted by Crippen LogP contribution is -2.30. The van der Waals surface area contributed by atoms with E-state index in [9.17, 15) is 9.59 Å². The number of nitrogens with one attached hydrogen (secondary N) is 2. The first kappa shape index (κ1) is 20.0. The van der Waals surface area contributed by atoms with Crippen molar-refractivity contribution in [1.29, 1.82) is 0 Å². The number of rotatable bonds is 3. The van der Waals surface area contributed by atoms with Crippen molar-refractivity contribution in [3.63, 3.8) is 0 Å². The zero-order valence-electron chi connectivity index (χ0n) is 17.2. The maximum atomic E-state index is 12.8. The molecule has 7 heteroatoms. The van der Waals surface area contributed by atoms with Gasteiger partial charge in [-0.25, -0.2) is 9.97 Å². The first-order chi connectivity index (χ1) is 14.2. The molecule has 2 aromatic carbocycles. The summed E-state index contributed by atoms with van der Waals surface area (Å²) in [6, 6.07) is 15.4. The molecule has 0 atom stereocenters. The summed E-state index contributed by atoms with van der Waals surface area (Å²) in [5.74, 6) is 0.0718. The van der Waals surface area contributed by atoms with E-state index in [4.69, 9.17) is 0 Å². The minimum Gasteiger partial charge on any atom is -0.322 e. The van der Waals surface area contributed by atoms with Crippen molar-refractivity contribution in [1.82, 2.24) is 15.0 Å². The highest BCUT2D eigenvalue weighted by Crippen LogP contribution is 2.31. The van der Waals surface area contributed by atoms with Crippen LogP contribution in [0.5, 0.6) is 0 Å². The van der Waals surface area contributed by atoms with Crippen molar-refractivity contribution in [2.24, 2.45) is 0 Å². The van der Waals surface area contributed by atoms with Crippen LogP contribution in [0.4, 0.5) is 5.69 Å². The highest BCUT2D eigenvalue weighted by molar-refractivity contribution is 7.21. The van der Waals surface area contributed by atoms with Gasteiger partial charge in [-0.2, -0.15) is 0 Å². The molecule has 1 amide bonds. The molecule has 2 aromatic heterocycles. The molecule has 152 valence electrons. The monoisotopic (exact) mass is 418 g/mol. The van der Waals surface area contributed by atoms with E-state index < -0.39 is 11.5 Å². The Balaban J connectivity index is 1.63. The number of aryl methyl sites for hydroxylation is 1. The second kappa shape index (κ2) is 7.50. The van der Waals surface area contributed by atoms with Crippen molar-refractivity contribution in [3.05, 3.63) is 76.0 Å². The number of aromatic amines is 1. The van der Waals surface area contributed by atoms with E-state index in [-0.39, 0.29) is 11.0 Å². The molecule has 0 aliphatic heterocycles. The van der Waals surface area contributed by atoms with Gasteiger partial charge in [-0.05, 0) is 31.2 Å². The zero-order chi connectivity index (χ0) is 21.5. The summed E-state index contributed by atoms with van der Waals surface area (Å²) in [5, 5.41) is 3.69. The van der Waals surface area contributed by atoms with E-state index in [0.29, 0.717) is 17.2 Å². The average Bonchev–Trinajstić information content (AvgIpc) is 3.11. The summed E-state index contributed by atoms with van der Waals surface area (Å²) in [7, 11) is 0. The van der Waals surface area contributed by atoms with Crippen LogP contribution in [0.15, 0.2) is 53.3 Å². The topological polar surface area (TPSA) is 87.7 Å². The van der Waals surface area contributed by atoms with Gasteiger partial charge in [0.2, 0.25) is 0 Å². The highest BCUT2D eigenvalue weighted by atomic mass is 32.1. The van der Waals surface area contributed by atoms with Crippen LogP contribution in [0.25, 0.3) is 20.8 Å². The maximum Gasteiger partial charge on any atom is 0.264 e. The number of carbonyl (C=O) groups excluding carboxylic acids is 1. The Labute approximate surface area is 178 Å². The third kappa shape index (κ3) is 3.89. The van der Waals surface area contributed by atoms with Gasteiger partial charge in [-0.1, -0.05) is 45.0 Å². The van der Waals surface area contributed by atoms with E-state index >= 15 is 0 Å². The Morgan fingerprint density at radius 2 is 1.83 bits per heavy atom. The number of amides is 1. The predicted molar refractivity (Wildman–Crippen MR) is 121 cm³/mol. The molecule has 0 aliphatic rings. The molecule has 0 saturated heterocycles. The molecule has 4 aromatic rings. The van der Waals surface area contributed by atoms with Gasteiger partial charge < -0.3 is 10.3 Å². The van der Waals surface area contributed by atoms with E-state index in [1.54, 1.807) is 24.3 Å². The number of anilines is 1. The fourth-order valence-electron chi connectivity index (χ4n) is 3.13. The van der Waals surface area contributed by atoms with Gasteiger partial charge in [0, 0.05) is 16.7 Å². The van der Waals surface area contributed by atoms with E-state index in [1.165, 1.54) is 0 Å². The number of thiazole rings is 1. The van der Waals surface area contributed by atoms with Gasteiger partial charge >= 0.3 is 0 Å². The second-order valence-electron chi connectivity index (χ2n) is 8.15. The van der Waals surface area contributed by atoms with Gasteiger partial charge in [-0.3, -0.25) is 9.59 Å². The Morgan fingerprint density at radius 3 is 2.53 bits per heavy atom. The first-order valence-corrected chi connectivity index (χ1v) is 10.4. The summed E-state index contributed by atoms with van der Waals surface area (Å²) in [5.41, 5.74) is 2.12. The SMILES string of the molecule is Cc1nc(C(C)(C)C)[nH]c(=O)c1C(=O)Nc1cccc(-c2nc3ccccc3s2)c1. The van der Waals surface area contributed by atoms with Gasteiger partial charge in [-0.15, -0.1) is 11.3 Å². The van der Waals surface area contributed by atoms with Crippen molar-refractivity contribution < 1.29 is 4.79 Å². The van der Waals surface area contributed by atoms with Gasteiger partial charge in [0.25, 0.3) is 11.5 Å². The third-order valence-corrected chi connectivity index (χ3v) is 5.78. The lowest BCUT2D eigenvalue weighted by Gasteiger charge is -2.18. The Morgan fingerprint density at radius 1 is 1.07 bits per heavy atom. The Hall–Kier alpha value is -3.32. The number of hydrogen-bond acceptors (Lipinski definition) is 5. The largest absolute Gasteiger partial charge is 0.322 e. The smallest absolute Gasteiger partial charge is 0.264 e. The molecule has 6 nitrogen and oxygen atoms in total. The Kier molecular flexibility index (Phi) is 4.99. The molecule has 4 rings (SSSR count). The van der Waals surface area contributed by atoms with Crippen molar-refractivity contribution in [2.45, 2.75) is 33.1 Å². The van der Waals surface area contributed by atoms with Crippen LogP contribution >= 0.6 is 11.3 Å². The molecular formula is C23H22N4O2S. The molecule has 30 heavy (non-hydrogen) atoms. The number of para-hydroxylation sites is 1. The summed E-state index contributed by atoms with van der Waals surface area (Å²) < 4.78 is 1.11. The predicted octanol–water partition coefficient (Wildman–Crippen LogP) is 4.90. The first-order valence-electron chi connectivity index (χ1n) is 9.61. The fraction of sp³-hybridized carbons (Fsp3) is 0.217. The van der Waals surface area contributed by atoms with Crippen molar-refractivity contribution in [2.75, 3.05) is 5.32 Å². The van der Waals surface area contributed by atoms with Crippen molar-refractivity contribution >= 4 is 33.1 Å². The maximum absolute atomic E-state index is 12.8. The van der Waals surface area contributed by atoms with Crippen LogP contribution < -0.4 is 10.9 Å². The Bertz CT molecular complexity index is 1280. The summed E-state index contributed by atoms with van der Waals surface area (Å²) >= 11 is 1.59. The summed E-state index contributed by atoms with van der Waals surface area (Å²) in [4.78, 5) is 37.2. The van der Waals surface area contributed by atoms with Crippen LogP contribution in [0.2, 0.25) is 0 Å².